The Morgan fingerprint density at radius 3 is 2.75 bits per heavy atom. The van der Waals surface area contributed by atoms with Crippen LogP contribution in [0.25, 0.3) is 16.7 Å². The molecular weight excluding hydrogens is 432 g/mol. The Balaban J connectivity index is 1.62. The van der Waals surface area contributed by atoms with E-state index in [1.165, 1.54) is 6.33 Å². The van der Waals surface area contributed by atoms with E-state index in [9.17, 15) is 4.79 Å². The molecule has 0 saturated carbocycles. The number of aromatic nitrogens is 5. The summed E-state index contributed by atoms with van der Waals surface area (Å²) in [4.78, 5) is 25.7. The predicted octanol–water partition coefficient (Wildman–Crippen LogP) is 3.59. The molecule has 0 aliphatic rings. The highest BCUT2D eigenvalue weighted by Gasteiger charge is 2.24. The number of hydrogen-bond acceptors (Lipinski definition) is 7. The van der Waals surface area contributed by atoms with Gasteiger partial charge in [0.25, 0.3) is 5.91 Å². The minimum atomic E-state index is -0.861. The highest BCUT2D eigenvalue weighted by Crippen LogP contribution is 2.27. The number of halogens is 1. The number of amides is 1. The average Bonchev–Trinajstić information content (AvgIpc) is 3.23. The lowest BCUT2D eigenvalue weighted by molar-refractivity contribution is -0.123. The SMILES string of the molecule is COCC[C@@H](Oc1ncnc2c1cnn2-c1ccccc1Cl)C(=O)Nc1ccc(C)cn1. The van der Waals surface area contributed by atoms with Crippen molar-refractivity contribution < 1.29 is 14.3 Å². The summed E-state index contributed by atoms with van der Waals surface area (Å²) >= 11 is 6.32. The fraction of sp³-hybridized carbons (Fsp3) is 0.227. The molecule has 0 bridgehead atoms. The summed E-state index contributed by atoms with van der Waals surface area (Å²) in [7, 11) is 1.56. The van der Waals surface area contributed by atoms with Gasteiger partial charge in [-0.2, -0.15) is 5.10 Å². The number of pyridine rings is 1. The fourth-order valence-corrected chi connectivity index (χ4v) is 3.28. The number of para-hydroxylation sites is 1. The van der Waals surface area contributed by atoms with Gasteiger partial charge in [-0.15, -0.1) is 0 Å². The van der Waals surface area contributed by atoms with Crippen molar-refractivity contribution in [1.82, 2.24) is 24.7 Å². The Labute approximate surface area is 189 Å². The number of nitrogens with zero attached hydrogens (tertiary/aromatic N) is 5. The Morgan fingerprint density at radius 1 is 1.16 bits per heavy atom. The van der Waals surface area contributed by atoms with Crippen LogP contribution in [0.2, 0.25) is 5.02 Å². The molecule has 3 heterocycles. The molecule has 3 aromatic heterocycles. The Bertz CT molecular complexity index is 1230. The van der Waals surface area contributed by atoms with Gasteiger partial charge in [0.15, 0.2) is 11.8 Å². The van der Waals surface area contributed by atoms with Crippen molar-refractivity contribution in [2.24, 2.45) is 0 Å². The van der Waals surface area contributed by atoms with Gasteiger partial charge < -0.3 is 14.8 Å². The first-order valence-corrected chi connectivity index (χ1v) is 10.3. The van der Waals surface area contributed by atoms with Crippen LogP contribution in [-0.2, 0) is 9.53 Å². The molecule has 10 heteroatoms. The molecule has 1 aromatic carbocycles. The molecule has 0 radical (unpaired) electrons. The fourth-order valence-electron chi connectivity index (χ4n) is 3.07. The zero-order chi connectivity index (χ0) is 22.5. The zero-order valence-electron chi connectivity index (χ0n) is 17.5. The number of hydrogen-bond donors (Lipinski definition) is 1. The van der Waals surface area contributed by atoms with Gasteiger partial charge in [0.05, 0.1) is 23.5 Å². The van der Waals surface area contributed by atoms with E-state index in [4.69, 9.17) is 21.1 Å². The van der Waals surface area contributed by atoms with Crippen molar-refractivity contribution in [1.29, 1.82) is 0 Å². The van der Waals surface area contributed by atoms with Crippen LogP contribution in [-0.4, -0.2) is 50.5 Å². The maximum absolute atomic E-state index is 12.9. The van der Waals surface area contributed by atoms with Crippen molar-refractivity contribution >= 4 is 34.4 Å². The topological polar surface area (TPSA) is 104 Å². The minimum absolute atomic E-state index is 0.237. The van der Waals surface area contributed by atoms with Crippen LogP contribution in [0.1, 0.15) is 12.0 Å². The second-order valence-corrected chi connectivity index (χ2v) is 7.43. The van der Waals surface area contributed by atoms with Gasteiger partial charge in [-0.1, -0.05) is 29.8 Å². The molecule has 1 N–H and O–H groups in total. The molecule has 0 spiro atoms. The van der Waals surface area contributed by atoms with E-state index in [1.807, 2.05) is 31.2 Å². The summed E-state index contributed by atoms with van der Waals surface area (Å²) in [6, 6.07) is 10.9. The van der Waals surface area contributed by atoms with E-state index in [0.717, 1.165) is 5.56 Å². The van der Waals surface area contributed by atoms with Crippen molar-refractivity contribution in [2.75, 3.05) is 19.0 Å². The van der Waals surface area contributed by atoms with Crippen LogP contribution in [0.3, 0.4) is 0 Å². The van der Waals surface area contributed by atoms with Gasteiger partial charge in [0.1, 0.15) is 17.5 Å². The molecular formula is C22H21ClN6O3. The number of nitrogens with one attached hydrogen (secondary N) is 1. The second kappa shape index (κ2) is 9.71. The van der Waals surface area contributed by atoms with E-state index < -0.39 is 6.10 Å². The summed E-state index contributed by atoms with van der Waals surface area (Å²) in [5.74, 6) is 0.316. The van der Waals surface area contributed by atoms with Gasteiger partial charge in [-0.25, -0.2) is 19.6 Å². The van der Waals surface area contributed by atoms with Gasteiger partial charge in [-0.3, -0.25) is 4.79 Å². The number of aryl methyl sites for hydroxylation is 1. The highest BCUT2D eigenvalue weighted by molar-refractivity contribution is 6.32. The lowest BCUT2D eigenvalue weighted by Gasteiger charge is -2.18. The number of carbonyl (C=O) groups is 1. The van der Waals surface area contributed by atoms with Gasteiger partial charge in [-0.05, 0) is 30.7 Å². The molecule has 9 nitrogen and oxygen atoms in total. The molecule has 0 fully saturated rings. The third-order valence-electron chi connectivity index (χ3n) is 4.70. The summed E-state index contributed by atoms with van der Waals surface area (Å²) < 4.78 is 12.8. The van der Waals surface area contributed by atoms with Crippen molar-refractivity contribution in [2.45, 2.75) is 19.4 Å². The first kappa shape index (κ1) is 21.7. The molecule has 0 aliphatic heterocycles. The highest BCUT2D eigenvalue weighted by atomic mass is 35.5. The standard InChI is InChI=1S/C22H21ClN6O3/c1-14-7-8-19(24-11-14)28-21(30)18(9-10-31-2)32-22-15-12-27-29(20(15)25-13-26-22)17-6-4-3-5-16(17)23/h3-8,11-13,18H,9-10H2,1-2H3,(H,24,28,30)/t18-/m1/s1. The summed E-state index contributed by atoms with van der Waals surface area (Å²) in [6.45, 7) is 2.25. The van der Waals surface area contributed by atoms with Gasteiger partial charge in [0.2, 0.25) is 5.88 Å². The van der Waals surface area contributed by atoms with E-state index in [0.29, 0.717) is 40.6 Å². The third kappa shape index (κ3) is 4.68. The number of ether oxygens (including phenoxy) is 2. The van der Waals surface area contributed by atoms with Crippen LogP contribution in [0.15, 0.2) is 55.1 Å². The van der Waals surface area contributed by atoms with Crippen molar-refractivity contribution in [3.8, 4) is 11.6 Å². The number of benzene rings is 1. The number of anilines is 1. The van der Waals surface area contributed by atoms with Gasteiger partial charge >= 0.3 is 0 Å². The molecule has 4 rings (SSSR count). The first-order valence-electron chi connectivity index (χ1n) is 9.89. The third-order valence-corrected chi connectivity index (χ3v) is 5.02. The van der Waals surface area contributed by atoms with Crippen LogP contribution < -0.4 is 10.1 Å². The van der Waals surface area contributed by atoms with Crippen LogP contribution in [0.4, 0.5) is 5.82 Å². The molecule has 0 saturated heterocycles. The zero-order valence-corrected chi connectivity index (χ0v) is 18.3. The number of carbonyl (C=O) groups excluding carboxylic acids is 1. The lowest BCUT2D eigenvalue weighted by Crippen LogP contribution is -2.34. The molecule has 32 heavy (non-hydrogen) atoms. The number of fused-ring (bicyclic) bond motifs is 1. The molecule has 0 aliphatic carbocycles. The Kier molecular flexibility index (Phi) is 6.58. The Morgan fingerprint density at radius 2 is 2.00 bits per heavy atom. The largest absolute Gasteiger partial charge is 0.464 e. The quantitative estimate of drug-likeness (QED) is 0.435. The van der Waals surface area contributed by atoms with Crippen LogP contribution in [0.5, 0.6) is 5.88 Å². The monoisotopic (exact) mass is 452 g/mol. The van der Waals surface area contributed by atoms with E-state index in [2.05, 4.69) is 25.4 Å². The van der Waals surface area contributed by atoms with E-state index in [-0.39, 0.29) is 11.8 Å². The first-order chi connectivity index (χ1) is 15.6. The summed E-state index contributed by atoms with van der Waals surface area (Å²) in [5.41, 5.74) is 2.18. The molecule has 0 unspecified atom stereocenters. The van der Waals surface area contributed by atoms with Gasteiger partial charge in [0, 0.05) is 19.7 Å². The molecule has 1 atom stereocenters. The maximum Gasteiger partial charge on any atom is 0.266 e. The smallest absolute Gasteiger partial charge is 0.266 e. The molecule has 1 amide bonds. The molecule has 4 aromatic rings. The lowest BCUT2D eigenvalue weighted by atomic mass is 10.2. The molecule has 164 valence electrons. The minimum Gasteiger partial charge on any atom is -0.464 e. The predicted molar refractivity (Wildman–Crippen MR) is 120 cm³/mol. The summed E-state index contributed by atoms with van der Waals surface area (Å²) in [6.07, 6.45) is 4.08. The van der Waals surface area contributed by atoms with Crippen LogP contribution >= 0.6 is 11.6 Å². The normalized spacial score (nSPS) is 12.0. The summed E-state index contributed by atoms with van der Waals surface area (Å²) in [5, 5.41) is 8.25. The van der Waals surface area contributed by atoms with E-state index >= 15 is 0 Å². The number of rotatable bonds is 8. The van der Waals surface area contributed by atoms with Crippen molar-refractivity contribution in [3.05, 3.63) is 65.7 Å². The van der Waals surface area contributed by atoms with E-state index in [1.54, 1.807) is 36.3 Å². The second-order valence-electron chi connectivity index (χ2n) is 7.02. The Hall–Kier alpha value is -3.56. The number of methoxy groups -OCH3 is 1. The average molecular weight is 453 g/mol. The van der Waals surface area contributed by atoms with Crippen LogP contribution in [0, 0.1) is 6.92 Å². The van der Waals surface area contributed by atoms with Crippen molar-refractivity contribution in [3.63, 3.8) is 0 Å². The maximum atomic E-state index is 12.9.